The van der Waals surface area contributed by atoms with Gasteiger partial charge in [-0.25, -0.2) is 0 Å². The maximum atomic E-state index is 13.1. The summed E-state index contributed by atoms with van der Waals surface area (Å²) in [4.78, 5) is 15.4. The standard InChI is InChI=1S/C24H30ClN5O3/c1-3-30-21-6-5-18(24(31)26-8-9-29-10-12-33-13-11-29)23(19(21)16-28-30)27-15-17-4-7-22(32-2)20(25)14-17/h4-7,14,16,27H,3,8-13,15H2,1-2H3,(H,26,31). The van der Waals surface area contributed by atoms with Gasteiger partial charge in [0.15, 0.2) is 0 Å². The lowest BCUT2D eigenvalue weighted by molar-refractivity contribution is 0.0383. The van der Waals surface area contributed by atoms with Gasteiger partial charge in [-0.05, 0) is 36.8 Å². The maximum Gasteiger partial charge on any atom is 0.253 e. The zero-order valence-electron chi connectivity index (χ0n) is 19.1. The number of hydrogen-bond acceptors (Lipinski definition) is 6. The molecule has 3 aromatic rings. The molecule has 0 aliphatic carbocycles. The Kier molecular flexibility index (Phi) is 7.69. The van der Waals surface area contributed by atoms with Gasteiger partial charge < -0.3 is 20.1 Å². The molecular weight excluding hydrogens is 442 g/mol. The molecule has 2 N–H and O–H groups in total. The first-order valence-electron chi connectivity index (χ1n) is 11.2. The van der Waals surface area contributed by atoms with Gasteiger partial charge in [-0.2, -0.15) is 5.10 Å². The third kappa shape index (κ3) is 5.40. The number of nitrogens with zero attached hydrogens (tertiary/aromatic N) is 3. The van der Waals surface area contributed by atoms with Crippen LogP contribution in [0.25, 0.3) is 10.9 Å². The van der Waals surface area contributed by atoms with Crippen LogP contribution >= 0.6 is 11.6 Å². The van der Waals surface area contributed by atoms with Crippen molar-refractivity contribution in [1.29, 1.82) is 0 Å². The molecule has 0 saturated carbocycles. The summed E-state index contributed by atoms with van der Waals surface area (Å²) < 4.78 is 12.5. The van der Waals surface area contributed by atoms with E-state index in [9.17, 15) is 4.79 Å². The smallest absolute Gasteiger partial charge is 0.253 e. The first-order valence-corrected chi connectivity index (χ1v) is 11.6. The summed E-state index contributed by atoms with van der Waals surface area (Å²) in [7, 11) is 1.59. The number of fused-ring (bicyclic) bond motifs is 1. The number of methoxy groups -OCH3 is 1. The lowest BCUT2D eigenvalue weighted by Crippen LogP contribution is -2.41. The van der Waals surface area contributed by atoms with Gasteiger partial charge in [-0.15, -0.1) is 0 Å². The van der Waals surface area contributed by atoms with E-state index in [0.717, 1.165) is 61.5 Å². The van der Waals surface area contributed by atoms with E-state index in [-0.39, 0.29) is 5.91 Å². The summed E-state index contributed by atoms with van der Waals surface area (Å²) in [6.45, 7) is 7.98. The molecule has 0 radical (unpaired) electrons. The fourth-order valence-electron chi connectivity index (χ4n) is 4.04. The van der Waals surface area contributed by atoms with Gasteiger partial charge in [-0.3, -0.25) is 14.4 Å². The van der Waals surface area contributed by atoms with E-state index in [0.29, 0.717) is 29.4 Å². The Hall–Kier alpha value is -2.81. The van der Waals surface area contributed by atoms with Crippen molar-refractivity contribution in [3.63, 3.8) is 0 Å². The average molecular weight is 472 g/mol. The normalized spacial score (nSPS) is 14.4. The maximum absolute atomic E-state index is 13.1. The molecule has 0 bridgehead atoms. The second-order valence-corrected chi connectivity index (χ2v) is 8.32. The molecule has 1 aromatic heterocycles. The number of anilines is 1. The van der Waals surface area contributed by atoms with Crippen LogP contribution < -0.4 is 15.4 Å². The molecule has 33 heavy (non-hydrogen) atoms. The third-order valence-corrected chi connectivity index (χ3v) is 6.17. The van der Waals surface area contributed by atoms with Gasteiger partial charge in [0.1, 0.15) is 5.75 Å². The van der Waals surface area contributed by atoms with Crippen LogP contribution in [0.2, 0.25) is 5.02 Å². The van der Waals surface area contributed by atoms with E-state index >= 15 is 0 Å². The van der Waals surface area contributed by atoms with Crippen molar-refractivity contribution in [3.8, 4) is 5.75 Å². The van der Waals surface area contributed by atoms with E-state index < -0.39 is 0 Å². The Balaban J connectivity index is 1.53. The molecule has 0 spiro atoms. The van der Waals surface area contributed by atoms with Crippen LogP contribution in [0.5, 0.6) is 5.75 Å². The second kappa shape index (κ2) is 10.9. The average Bonchev–Trinajstić information content (AvgIpc) is 3.26. The van der Waals surface area contributed by atoms with Gasteiger partial charge in [0.25, 0.3) is 5.91 Å². The highest BCUT2D eigenvalue weighted by Gasteiger charge is 2.18. The highest BCUT2D eigenvalue weighted by Crippen LogP contribution is 2.30. The molecule has 2 aromatic carbocycles. The molecule has 0 unspecified atom stereocenters. The number of benzene rings is 2. The van der Waals surface area contributed by atoms with Crippen molar-refractivity contribution in [2.45, 2.75) is 20.0 Å². The summed E-state index contributed by atoms with van der Waals surface area (Å²) >= 11 is 6.29. The second-order valence-electron chi connectivity index (χ2n) is 7.91. The van der Waals surface area contributed by atoms with Crippen LogP contribution in [-0.4, -0.2) is 67.1 Å². The van der Waals surface area contributed by atoms with Crippen molar-refractivity contribution < 1.29 is 14.3 Å². The Morgan fingerprint density at radius 3 is 2.79 bits per heavy atom. The molecule has 9 heteroatoms. The Labute approximate surface area is 198 Å². The molecule has 1 saturated heterocycles. The Morgan fingerprint density at radius 2 is 2.06 bits per heavy atom. The number of ether oxygens (including phenoxy) is 2. The van der Waals surface area contributed by atoms with Crippen LogP contribution in [-0.2, 0) is 17.8 Å². The first kappa shape index (κ1) is 23.4. The molecule has 1 aliphatic heterocycles. The molecule has 176 valence electrons. The zero-order chi connectivity index (χ0) is 23.2. The molecule has 1 aliphatic rings. The Bertz CT molecular complexity index is 1110. The van der Waals surface area contributed by atoms with Crippen LogP contribution in [0.15, 0.2) is 36.5 Å². The Morgan fingerprint density at radius 1 is 1.24 bits per heavy atom. The van der Waals surface area contributed by atoms with E-state index in [1.807, 2.05) is 48.1 Å². The van der Waals surface area contributed by atoms with Crippen LogP contribution in [0, 0.1) is 0 Å². The van der Waals surface area contributed by atoms with Crippen molar-refractivity contribution >= 4 is 34.1 Å². The number of rotatable bonds is 9. The van der Waals surface area contributed by atoms with Crippen LogP contribution in [0.4, 0.5) is 5.69 Å². The van der Waals surface area contributed by atoms with Crippen LogP contribution in [0.1, 0.15) is 22.8 Å². The van der Waals surface area contributed by atoms with E-state index in [1.54, 1.807) is 7.11 Å². The predicted octanol–water partition coefficient (Wildman–Crippen LogP) is 3.39. The largest absolute Gasteiger partial charge is 0.495 e. The summed E-state index contributed by atoms with van der Waals surface area (Å²) in [6.07, 6.45) is 1.81. The molecule has 2 heterocycles. The summed E-state index contributed by atoms with van der Waals surface area (Å²) in [6, 6.07) is 9.48. The molecule has 1 amide bonds. The minimum absolute atomic E-state index is 0.107. The number of carbonyl (C=O) groups is 1. The lowest BCUT2D eigenvalue weighted by Gasteiger charge is -2.26. The number of amides is 1. The number of morpholine rings is 1. The topological polar surface area (TPSA) is 80.6 Å². The predicted molar refractivity (Wildman–Crippen MR) is 130 cm³/mol. The highest BCUT2D eigenvalue weighted by molar-refractivity contribution is 6.32. The number of carbonyl (C=O) groups excluding carboxylic acids is 1. The van der Waals surface area contributed by atoms with E-state index in [2.05, 4.69) is 20.6 Å². The van der Waals surface area contributed by atoms with Gasteiger partial charge in [0.2, 0.25) is 0 Å². The van der Waals surface area contributed by atoms with Gasteiger partial charge in [-0.1, -0.05) is 17.7 Å². The fourth-order valence-corrected chi connectivity index (χ4v) is 4.32. The zero-order valence-corrected chi connectivity index (χ0v) is 19.8. The molecule has 1 fully saturated rings. The number of aryl methyl sites for hydroxylation is 1. The van der Waals surface area contributed by atoms with Gasteiger partial charge in [0, 0.05) is 44.7 Å². The molecule has 0 atom stereocenters. The van der Waals surface area contributed by atoms with Crippen molar-refractivity contribution in [2.24, 2.45) is 0 Å². The van der Waals surface area contributed by atoms with E-state index in [4.69, 9.17) is 21.1 Å². The highest BCUT2D eigenvalue weighted by atomic mass is 35.5. The quantitative estimate of drug-likeness (QED) is 0.498. The fraction of sp³-hybridized carbons (Fsp3) is 0.417. The number of aromatic nitrogens is 2. The summed E-state index contributed by atoms with van der Waals surface area (Å²) in [5.41, 5.74) is 3.33. The molecule has 4 rings (SSSR count). The van der Waals surface area contributed by atoms with Crippen LogP contribution in [0.3, 0.4) is 0 Å². The monoisotopic (exact) mass is 471 g/mol. The lowest BCUT2D eigenvalue weighted by atomic mass is 10.1. The molecule has 8 nitrogen and oxygen atoms in total. The van der Waals surface area contributed by atoms with Gasteiger partial charge >= 0.3 is 0 Å². The first-order chi connectivity index (χ1) is 16.1. The van der Waals surface area contributed by atoms with Crippen molar-refractivity contribution in [1.82, 2.24) is 20.0 Å². The van der Waals surface area contributed by atoms with Crippen molar-refractivity contribution in [2.75, 3.05) is 51.8 Å². The SMILES string of the molecule is CCn1ncc2c(NCc3ccc(OC)c(Cl)c3)c(C(=O)NCCN3CCOCC3)ccc21. The third-order valence-electron chi connectivity index (χ3n) is 5.87. The van der Waals surface area contributed by atoms with E-state index in [1.165, 1.54) is 0 Å². The summed E-state index contributed by atoms with van der Waals surface area (Å²) in [5.74, 6) is 0.525. The minimum Gasteiger partial charge on any atom is -0.495 e. The molecular formula is C24H30ClN5O3. The minimum atomic E-state index is -0.107. The number of nitrogens with one attached hydrogen (secondary N) is 2. The van der Waals surface area contributed by atoms with Crippen molar-refractivity contribution in [3.05, 3.63) is 52.7 Å². The number of halogens is 1. The summed E-state index contributed by atoms with van der Waals surface area (Å²) in [5, 5.41) is 12.5. The number of hydrogen-bond donors (Lipinski definition) is 2. The van der Waals surface area contributed by atoms with Gasteiger partial charge in [0.05, 0.1) is 48.3 Å².